The van der Waals surface area contributed by atoms with Gasteiger partial charge >= 0.3 is 5.88 Å². The van der Waals surface area contributed by atoms with Crippen molar-refractivity contribution in [3.8, 4) is 0 Å². The normalized spacial score (nSPS) is 12.3. The van der Waals surface area contributed by atoms with Gasteiger partial charge in [-0.05, 0) is 36.2 Å². The van der Waals surface area contributed by atoms with Crippen molar-refractivity contribution in [1.82, 2.24) is 10.9 Å². The Balaban J connectivity index is 1.94. The second kappa shape index (κ2) is 11.3. The van der Waals surface area contributed by atoms with Crippen LogP contribution in [0.1, 0.15) is 16.9 Å². The maximum Gasteiger partial charge on any atom is 0.433 e. The first kappa shape index (κ1) is 25.4. The van der Waals surface area contributed by atoms with E-state index in [2.05, 4.69) is 20.2 Å². The van der Waals surface area contributed by atoms with Crippen LogP contribution < -0.4 is 10.9 Å². The number of nitro groups is 1. The first-order valence-corrected chi connectivity index (χ1v) is 12.5. The van der Waals surface area contributed by atoms with Gasteiger partial charge in [0, 0.05) is 22.7 Å². The molecule has 0 saturated carbocycles. The zero-order chi connectivity index (χ0) is 24.7. The van der Waals surface area contributed by atoms with Crippen LogP contribution in [0.3, 0.4) is 0 Å². The van der Waals surface area contributed by atoms with Gasteiger partial charge in [0.05, 0.1) is 12.3 Å². The van der Waals surface area contributed by atoms with E-state index >= 15 is 0 Å². The number of hydrogen-bond donors (Lipinski definition) is 2. The predicted molar refractivity (Wildman–Crippen MR) is 132 cm³/mol. The monoisotopic (exact) mass is 521 g/mol. The molecule has 0 bridgehead atoms. The molecule has 178 valence electrons. The topological polar surface area (TPSA) is 139 Å². The molecule has 0 spiro atoms. The minimum absolute atomic E-state index is 0.0189. The molecule has 10 nitrogen and oxygen atoms in total. The summed E-state index contributed by atoms with van der Waals surface area (Å²) in [6.07, 6.45) is 1.11. The average molecular weight is 522 g/mol. The predicted octanol–water partition coefficient (Wildman–Crippen LogP) is 4.33. The molecular weight excluding hydrogens is 502 g/mol. The van der Waals surface area contributed by atoms with Crippen molar-refractivity contribution < 1.29 is 17.8 Å². The maximum atomic E-state index is 13.2. The molecule has 0 radical (unpaired) electrons. The fourth-order valence-electron chi connectivity index (χ4n) is 2.67. The summed E-state index contributed by atoms with van der Waals surface area (Å²) in [6, 6.07) is 15.1. The van der Waals surface area contributed by atoms with Crippen molar-refractivity contribution in [2.45, 2.75) is 22.5 Å². The van der Waals surface area contributed by atoms with Crippen molar-refractivity contribution in [3.63, 3.8) is 0 Å². The van der Waals surface area contributed by atoms with E-state index in [0.717, 1.165) is 17.8 Å². The summed E-state index contributed by atoms with van der Waals surface area (Å²) in [6.45, 7) is 1.70. The Morgan fingerprint density at radius 1 is 1.24 bits per heavy atom. The van der Waals surface area contributed by atoms with Crippen LogP contribution in [0.15, 0.2) is 78.2 Å². The van der Waals surface area contributed by atoms with Crippen LogP contribution in [0.5, 0.6) is 0 Å². The molecular formula is C21H20ClN5O5S2. The summed E-state index contributed by atoms with van der Waals surface area (Å²) in [7, 11) is -2.71. The van der Waals surface area contributed by atoms with Gasteiger partial charge in [0.1, 0.15) is 9.82 Å². The lowest BCUT2D eigenvalue weighted by Gasteiger charge is -2.11. The van der Waals surface area contributed by atoms with E-state index < -0.39 is 20.8 Å². The SMILES string of the molecule is CNNC(=N\S(=O)(=O)c1cc(C)c(Cl)cc1SCc1ccccc1)/N=C/c1ccc([N+](=O)[O-])o1. The van der Waals surface area contributed by atoms with Gasteiger partial charge in [-0.25, -0.2) is 10.4 Å². The Labute approximate surface area is 205 Å². The molecule has 0 atom stereocenters. The third kappa shape index (κ3) is 6.67. The van der Waals surface area contributed by atoms with Crippen LogP contribution in [-0.2, 0) is 15.8 Å². The Bertz CT molecular complexity index is 1340. The molecule has 3 rings (SSSR count). The van der Waals surface area contributed by atoms with Crippen molar-refractivity contribution >= 4 is 51.4 Å². The third-order valence-electron chi connectivity index (χ3n) is 4.29. The van der Waals surface area contributed by atoms with E-state index in [4.69, 9.17) is 16.0 Å². The maximum absolute atomic E-state index is 13.2. The number of nitrogens with zero attached hydrogens (tertiary/aromatic N) is 3. The Morgan fingerprint density at radius 2 is 1.97 bits per heavy atom. The lowest BCUT2D eigenvalue weighted by atomic mass is 10.2. The molecule has 0 aliphatic carbocycles. The van der Waals surface area contributed by atoms with Crippen LogP contribution in [-0.4, -0.2) is 32.6 Å². The van der Waals surface area contributed by atoms with Crippen molar-refractivity contribution in [1.29, 1.82) is 0 Å². The van der Waals surface area contributed by atoms with E-state index in [9.17, 15) is 18.5 Å². The molecule has 0 aliphatic rings. The highest BCUT2D eigenvalue weighted by Crippen LogP contribution is 2.34. The Kier molecular flexibility index (Phi) is 8.45. The molecule has 2 N–H and O–H groups in total. The summed E-state index contributed by atoms with van der Waals surface area (Å²) in [5, 5.41) is 11.2. The highest BCUT2D eigenvalue weighted by molar-refractivity contribution is 7.99. The zero-order valence-corrected chi connectivity index (χ0v) is 20.4. The number of hydrazine groups is 1. The largest absolute Gasteiger partial charge is 0.433 e. The average Bonchev–Trinajstić information content (AvgIpc) is 3.28. The fourth-order valence-corrected chi connectivity index (χ4v) is 5.37. The van der Waals surface area contributed by atoms with E-state index in [-0.39, 0.29) is 16.6 Å². The molecule has 0 saturated heterocycles. The molecule has 1 heterocycles. The smallest absolute Gasteiger partial charge is 0.400 e. The van der Waals surface area contributed by atoms with Crippen molar-refractivity contribution in [3.05, 3.63) is 86.6 Å². The van der Waals surface area contributed by atoms with Gasteiger partial charge in [0.2, 0.25) is 5.96 Å². The number of benzene rings is 2. The molecule has 0 aliphatic heterocycles. The summed E-state index contributed by atoms with van der Waals surface area (Å²) < 4.78 is 35.2. The number of rotatable bonds is 8. The summed E-state index contributed by atoms with van der Waals surface area (Å²) in [5.74, 6) is -0.182. The second-order valence-electron chi connectivity index (χ2n) is 6.78. The van der Waals surface area contributed by atoms with Gasteiger partial charge in [-0.1, -0.05) is 41.9 Å². The van der Waals surface area contributed by atoms with Crippen LogP contribution in [0.4, 0.5) is 5.88 Å². The fraction of sp³-hybridized carbons (Fsp3) is 0.143. The molecule has 0 unspecified atom stereocenters. The summed E-state index contributed by atoms with van der Waals surface area (Å²) in [5.41, 5.74) is 6.68. The van der Waals surface area contributed by atoms with E-state index in [1.165, 1.54) is 30.9 Å². The number of hydrogen-bond acceptors (Lipinski definition) is 7. The van der Waals surface area contributed by atoms with Gasteiger partial charge in [0.15, 0.2) is 5.76 Å². The number of halogens is 1. The summed E-state index contributed by atoms with van der Waals surface area (Å²) in [4.78, 5) is 14.4. The minimum atomic E-state index is -4.22. The Hall–Kier alpha value is -3.19. The molecule has 34 heavy (non-hydrogen) atoms. The molecule has 2 aromatic carbocycles. The summed E-state index contributed by atoms with van der Waals surface area (Å²) >= 11 is 7.59. The standard InChI is InChI=1S/C21H20ClN5O5S2/c1-14-10-19(18(11-17(14)22)33-13-15-6-4-3-5-7-15)34(30,31)26-21(25-23-2)24-12-16-8-9-20(32-16)27(28)29/h3-12,23H,13H2,1-2H3,(H,25,26)/b24-12+. The van der Waals surface area contributed by atoms with Gasteiger partial charge < -0.3 is 4.42 Å². The lowest BCUT2D eigenvalue weighted by molar-refractivity contribution is -0.402. The molecule has 0 fully saturated rings. The lowest BCUT2D eigenvalue weighted by Crippen LogP contribution is -2.33. The van der Waals surface area contributed by atoms with Crippen molar-refractivity contribution in [2.24, 2.45) is 9.39 Å². The van der Waals surface area contributed by atoms with Crippen LogP contribution in [0.2, 0.25) is 5.02 Å². The number of aryl methyl sites for hydroxylation is 1. The van der Waals surface area contributed by atoms with Crippen LogP contribution in [0.25, 0.3) is 0 Å². The van der Waals surface area contributed by atoms with Gasteiger partial charge in [0.25, 0.3) is 10.0 Å². The number of furan rings is 1. The van der Waals surface area contributed by atoms with E-state index in [1.54, 1.807) is 13.0 Å². The highest BCUT2D eigenvalue weighted by Gasteiger charge is 2.21. The molecule has 0 amide bonds. The van der Waals surface area contributed by atoms with Crippen molar-refractivity contribution in [2.75, 3.05) is 7.05 Å². The van der Waals surface area contributed by atoms with Crippen LogP contribution >= 0.6 is 23.4 Å². The van der Waals surface area contributed by atoms with Gasteiger partial charge in [-0.2, -0.15) is 8.42 Å². The number of aliphatic imine (C=N–C) groups is 1. The third-order valence-corrected chi connectivity index (χ3v) is 7.26. The number of thioether (sulfide) groups is 1. The van der Waals surface area contributed by atoms with Crippen LogP contribution in [0, 0.1) is 17.0 Å². The zero-order valence-electron chi connectivity index (χ0n) is 18.1. The highest BCUT2D eigenvalue weighted by atomic mass is 35.5. The van der Waals surface area contributed by atoms with Gasteiger partial charge in [-0.15, -0.1) is 16.2 Å². The molecule has 1 aromatic heterocycles. The first-order valence-electron chi connectivity index (χ1n) is 9.72. The number of sulfonamides is 1. The van der Waals surface area contributed by atoms with E-state index in [1.807, 2.05) is 30.3 Å². The number of nitrogens with one attached hydrogen (secondary N) is 2. The Morgan fingerprint density at radius 3 is 2.62 bits per heavy atom. The second-order valence-corrected chi connectivity index (χ2v) is 9.78. The van der Waals surface area contributed by atoms with Gasteiger partial charge in [-0.3, -0.25) is 15.5 Å². The minimum Gasteiger partial charge on any atom is -0.400 e. The van der Waals surface area contributed by atoms with E-state index in [0.29, 0.717) is 21.2 Å². The first-order chi connectivity index (χ1) is 16.2. The molecule has 3 aromatic rings. The number of guanidine groups is 1. The quantitative estimate of drug-likeness (QED) is 0.147. The molecule has 13 heteroatoms.